The minimum atomic E-state index is -0.283. The first-order valence-corrected chi connectivity index (χ1v) is 8.99. The molecule has 6 heterocycles. The lowest BCUT2D eigenvalue weighted by Gasteiger charge is -2.57. The van der Waals surface area contributed by atoms with E-state index in [1.807, 2.05) is 29.5 Å². The van der Waals surface area contributed by atoms with Crippen molar-refractivity contribution in [2.75, 3.05) is 22.9 Å². The van der Waals surface area contributed by atoms with Gasteiger partial charge in [0, 0.05) is 25.5 Å². The number of piperazine rings is 1. The van der Waals surface area contributed by atoms with Crippen molar-refractivity contribution >= 4 is 17.2 Å². The van der Waals surface area contributed by atoms with Gasteiger partial charge in [0.25, 0.3) is 0 Å². The van der Waals surface area contributed by atoms with Crippen LogP contribution >= 0.6 is 0 Å². The predicted octanol–water partition coefficient (Wildman–Crippen LogP) is 2.00. The number of nitrogens with zero attached hydrogens (tertiary/aromatic N) is 7. The maximum absolute atomic E-state index is 14.6. The van der Waals surface area contributed by atoms with Gasteiger partial charge in [-0.3, -0.25) is 0 Å². The molecule has 2 bridgehead atoms. The molecule has 0 aromatic carbocycles. The highest BCUT2D eigenvalue weighted by molar-refractivity contribution is 5.72. The summed E-state index contributed by atoms with van der Waals surface area (Å²) >= 11 is 0. The molecule has 7 nitrogen and oxygen atoms in total. The molecular weight excluding hydrogens is 333 g/mol. The first-order chi connectivity index (χ1) is 12.7. The van der Waals surface area contributed by atoms with Crippen LogP contribution in [0.1, 0.15) is 24.7 Å². The molecule has 3 aliphatic heterocycles. The Balaban J connectivity index is 1.44. The van der Waals surface area contributed by atoms with Crippen molar-refractivity contribution in [3.8, 4) is 0 Å². The fraction of sp³-hybridized carbons (Fsp3) is 0.444. The second kappa shape index (κ2) is 5.62. The SMILES string of the molecule is CCc1ncnc(N2CC3CC(C2)N3c2nccn3nc(C)cc23)c1F. The van der Waals surface area contributed by atoms with Gasteiger partial charge in [0.2, 0.25) is 0 Å². The Bertz CT molecular complexity index is 973. The van der Waals surface area contributed by atoms with Crippen LogP contribution in [0.3, 0.4) is 0 Å². The minimum absolute atomic E-state index is 0.283. The summed E-state index contributed by atoms with van der Waals surface area (Å²) in [6.07, 6.45) is 6.79. The van der Waals surface area contributed by atoms with Crippen molar-refractivity contribution in [2.24, 2.45) is 0 Å². The van der Waals surface area contributed by atoms with E-state index in [4.69, 9.17) is 0 Å². The minimum Gasteiger partial charge on any atom is -0.350 e. The Morgan fingerprint density at radius 1 is 1.15 bits per heavy atom. The Morgan fingerprint density at radius 2 is 1.96 bits per heavy atom. The summed E-state index contributed by atoms with van der Waals surface area (Å²) in [4.78, 5) is 17.3. The zero-order valence-electron chi connectivity index (χ0n) is 14.8. The van der Waals surface area contributed by atoms with Gasteiger partial charge in [-0.2, -0.15) is 5.10 Å². The van der Waals surface area contributed by atoms with Crippen LogP contribution in [-0.4, -0.2) is 49.7 Å². The van der Waals surface area contributed by atoms with Gasteiger partial charge in [-0.25, -0.2) is 23.9 Å². The number of piperidine rings is 1. The molecule has 26 heavy (non-hydrogen) atoms. The lowest BCUT2D eigenvalue weighted by atomic mass is 9.87. The molecule has 6 rings (SSSR count). The quantitative estimate of drug-likeness (QED) is 0.718. The summed E-state index contributed by atoms with van der Waals surface area (Å²) < 4.78 is 16.5. The standard InChI is InChI=1S/C18H20FN7/c1-3-14-16(19)18(22-10-21-14)24-8-12-7-13(9-24)26(12)17-15-6-11(2)23-25(15)5-4-20-17/h4-6,10,12-13H,3,7-9H2,1-2H3. The lowest BCUT2D eigenvalue weighted by Crippen LogP contribution is -2.69. The average molecular weight is 353 g/mol. The molecular formula is C18H20FN7. The Kier molecular flexibility index (Phi) is 3.35. The highest BCUT2D eigenvalue weighted by Crippen LogP contribution is 2.39. The van der Waals surface area contributed by atoms with Crippen molar-refractivity contribution in [1.82, 2.24) is 24.6 Å². The molecule has 3 aromatic heterocycles. The molecule has 2 unspecified atom stereocenters. The summed E-state index contributed by atoms with van der Waals surface area (Å²) in [6.45, 7) is 5.37. The van der Waals surface area contributed by atoms with Crippen LogP contribution < -0.4 is 9.80 Å². The number of hydrogen-bond donors (Lipinski definition) is 0. The first kappa shape index (κ1) is 15.5. The summed E-state index contributed by atoms with van der Waals surface area (Å²) in [5.41, 5.74) is 2.48. The Labute approximate surface area is 150 Å². The van der Waals surface area contributed by atoms with Gasteiger partial charge in [-0.15, -0.1) is 0 Å². The van der Waals surface area contributed by atoms with Gasteiger partial charge in [-0.05, 0) is 25.8 Å². The van der Waals surface area contributed by atoms with E-state index in [2.05, 4.69) is 31.0 Å². The fourth-order valence-electron chi connectivity index (χ4n) is 4.22. The van der Waals surface area contributed by atoms with Gasteiger partial charge in [0.1, 0.15) is 11.8 Å². The summed E-state index contributed by atoms with van der Waals surface area (Å²) in [7, 11) is 0. The smallest absolute Gasteiger partial charge is 0.187 e. The monoisotopic (exact) mass is 353 g/mol. The molecule has 0 aliphatic carbocycles. The van der Waals surface area contributed by atoms with Crippen molar-refractivity contribution < 1.29 is 4.39 Å². The van der Waals surface area contributed by atoms with E-state index in [-0.39, 0.29) is 5.82 Å². The van der Waals surface area contributed by atoms with Gasteiger partial charge in [-0.1, -0.05) is 6.92 Å². The van der Waals surface area contributed by atoms with E-state index in [1.54, 1.807) is 6.20 Å². The highest BCUT2D eigenvalue weighted by atomic mass is 19.1. The molecule has 3 aliphatic rings. The molecule has 3 aromatic rings. The van der Waals surface area contributed by atoms with E-state index in [0.29, 0.717) is 30.0 Å². The van der Waals surface area contributed by atoms with Gasteiger partial charge >= 0.3 is 0 Å². The summed E-state index contributed by atoms with van der Waals surface area (Å²) in [5, 5.41) is 4.47. The van der Waals surface area contributed by atoms with Crippen molar-refractivity contribution in [2.45, 2.75) is 38.8 Å². The topological polar surface area (TPSA) is 62.5 Å². The number of aryl methyl sites for hydroxylation is 2. The summed E-state index contributed by atoms with van der Waals surface area (Å²) in [6, 6.07) is 2.68. The average Bonchev–Trinajstić information content (AvgIpc) is 3.03. The van der Waals surface area contributed by atoms with Gasteiger partial charge < -0.3 is 9.80 Å². The van der Waals surface area contributed by atoms with Gasteiger partial charge in [0.05, 0.1) is 23.5 Å². The Hall–Kier alpha value is -2.77. The maximum atomic E-state index is 14.6. The molecule has 134 valence electrons. The fourth-order valence-corrected chi connectivity index (χ4v) is 4.22. The van der Waals surface area contributed by atoms with E-state index >= 15 is 0 Å². The third-order valence-corrected chi connectivity index (χ3v) is 5.41. The van der Waals surface area contributed by atoms with E-state index < -0.39 is 0 Å². The van der Waals surface area contributed by atoms with Crippen LogP contribution in [0.4, 0.5) is 16.0 Å². The molecule has 0 amide bonds. The predicted molar refractivity (Wildman–Crippen MR) is 96.0 cm³/mol. The second-order valence-electron chi connectivity index (χ2n) is 7.03. The summed E-state index contributed by atoms with van der Waals surface area (Å²) in [5.74, 6) is 1.11. The van der Waals surface area contributed by atoms with Crippen molar-refractivity contribution in [1.29, 1.82) is 0 Å². The van der Waals surface area contributed by atoms with Crippen molar-refractivity contribution in [3.63, 3.8) is 0 Å². The first-order valence-electron chi connectivity index (χ1n) is 8.99. The lowest BCUT2D eigenvalue weighted by molar-refractivity contribution is 0.286. The van der Waals surface area contributed by atoms with E-state index in [1.165, 1.54) is 6.33 Å². The molecule has 8 heteroatoms. The molecule has 3 fully saturated rings. The third kappa shape index (κ3) is 2.17. The molecule has 0 radical (unpaired) electrons. The van der Waals surface area contributed by atoms with Crippen LogP contribution in [-0.2, 0) is 6.42 Å². The zero-order valence-corrected chi connectivity index (χ0v) is 14.8. The maximum Gasteiger partial charge on any atom is 0.187 e. The molecule has 3 saturated heterocycles. The van der Waals surface area contributed by atoms with Gasteiger partial charge in [0.15, 0.2) is 17.5 Å². The Morgan fingerprint density at radius 3 is 2.73 bits per heavy atom. The molecule has 0 saturated carbocycles. The largest absolute Gasteiger partial charge is 0.350 e. The second-order valence-corrected chi connectivity index (χ2v) is 7.03. The number of hydrogen-bond acceptors (Lipinski definition) is 6. The van der Waals surface area contributed by atoms with Crippen molar-refractivity contribution in [3.05, 3.63) is 42.0 Å². The van der Waals surface area contributed by atoms with Crippen LogP contribution in [0, 0.1) is 12.7 Å². The van der Waals surface area contributed by atoms with Crippen LogP contribution in [0.25, 0.3) is 5.52 Å². The molecule has 2 atom stereocenters. The van der Waals surface area contributed by atoms with E-state index in [0.717, 1.165) is 36.5 Å². The zero-order chi connectivity index (χ0) is 17.8. The number of aromatic nitrogens is 5. The molecule has 0 spiro atoms. The van der Waals surface area contributed by atoms with Crippen LogP contribution in [0.15, 0.2) is 24.8 Å². The normalized spacial score (nSPS) is 22.0. The van der Waals surface area contributed by atoms with Crippen LogP contribution in [0.5, 0.6) is 0 Å². The third-order valence-electron chi connectivity index (χ3n) is 5.41. The highest BCUT2D eigenvalue weighted by Gasteiger charge is 2.46. The number of rotatable bonds is 3. The number of anilines is 2. The van der Waals surface area contributed by atoms with E-state index in [9.17, 15) is 4.39 Å². The molecule has 0 N–H and O–H groups in total. The number of fused-ring (bicyclic) bond motifs is 3. The van der Waals surface area contributed by atoms with Crippen LogP contribution in [0.2, 0.25) is 0 Å². The number of halogens is 1.